The first-order valence-electron chi connectivity index (χ1n) is 4.89. The molecule has 0 bridgehead atoms. The van der Waals surface area contributed by atoms with Crippen LogP contribution in [0.2, 0.25) is 0 Å². The lowest BCUT2D eigenvalue weighted by Gasteiger charge is -2.20. The van der Waals surface area contributed by atoms with E-state index in [4.69, 9.17) is 0 Å². The molecule has 1 heterocycles. The molecule has 1 saturated heterocycles. The smallest absolute Gasteiger partial charge is 0.163 e. The van der Waals surface area contributed by atoms with Crippen molar-refractivity contribution in [2.45, 2.75) is 19.8 Å². The molecule has 0 atom stereocenters. The zero-order valence-electron chi connectivity index (χ0n) is 8.19. The summed E-state index contributed by atoms with van der Waals surface area (Å²) in [5, 5.41) is 0. The molecule has 1 aliphatic heterocycles. The lowest BCUT2D eigenvalue weighted by molar-refractivity contribution is 0.503. The van der Waals surface area contributed by atoms with E-state index in [-0.39, 0.29) is 0 Å². The van der Waals surface area contributed by atoms with Gasteiger partial charge in [0.25, 0.3) is 0 Å². The second-order valence-electron chi connectivity index (χ2n) is 3.70. The van der Waals surface area contributed by atoms with Crippen molar-refractivity contribution in [2.75, 3.05) is 18.0 Å². The van der Waals surface area contributed by atoms with Crippen LogP contribution in [0, 0.1) is 18.6 Å². The maximum Gasteiger partial charge on any atom is 0.163 e. The van der Waals surface area contributed by atoms with E-state index in [1.54, 1.807) is 13.0 Å². The van der Waals surface area contributed by atoms with Crippen LogP contribution in [0.1, 0.15) is 18.4 Å². The quantitative estimate of drug-likeness (QED) is 0.669. The maximum absolute atomic E-state index is 13.2. The molecular formula is C11H13F2N. The van der Waals surface area contributed by atoms with Gasteiger partial charge in [0.2, 0.25) is 0 Å². The van der Waals surface area contributed by atoms with E-state index in [0.717, 1.165) is 31.6 Å². The van der Waals surface area contributed by atoms with E-state index >= 15 is 0 Å². The average Bonchev–Trinajstić information content (AvgIpc) is 2.67. The number of anilines is 1. The summed E-state index contributed by atoms with van der Waals surface area (Å²) in [5.41, 5.74) is 1.26. The Morgan fingerprint density at radius 1 is 1.14 bits per heavy atom. The zero-order valence-corrected chi connectivity index (χ0v) is 8.19. The molecule has 0 saturated carbocycles. The average molecular weight is 197 g/mol. The molecule has 0 radical (unpaired) electrons. The van der Waals surface area contributed by atoms with Gasteiger partial charge in [0, 0.05) is 24.3 Å². The summed E-state index contributed by atoms with van der Waals surface area (Å²) < 4.78 is 26.1. The van der Waals surface area contributed by atoms with E-state index in [0.29, 0.717) is 5.56 Å². The normalized spacial score (nSPS) is 16.4. The molecular weight excluding hydrogens is 184 g/mol. The molecule has 0 amide bonds. The fraction of sp³-hybridized carbons (Fsp3) is 0.455. The van der Waals surface area contributed by atoms with Gasteiger partial charge in [0.05, 0.1) is 0 Å². The molecule has 1 aliphatic rings. The molecule has 3 heteroatoms. The van der Waals surface area contributed by atoms with Crippen molar-refractivity contribution in [3.63, 3.8) is 0 Å². The summed E-state index contributed by atoms with van der Waals surface area (Å²) in [4.78, 5) is 2.11. The van der Waals surface area contributed by atoms with E-state index in [9.17, 15) is 8.78 Å². The Morgan fingerprint density at radius 2 is 1.79 bits per heavy atom. The highest BCUT2D eigenvalue weighted by Gasteiger charge is 2.17. The Hall–Kier alpha value is -1.12. The summed E-state index contributed by atoms with van der Waals surface area (Å²) in [6, 6.07) is 2.87. The summed E-state index contributed by atoms with van der Waals surface area (Å²) >= 11 is 0. The van der Waals surface area contributed by atoms with Crippen molar-refractivity contribution in [1.82, 2.24) is 0 Å². The van der Waals surface area contributed by atoms with Crippen LogP contribution in [0.4, 0.5) is 14.5 Å². The second-order valence-corrected chi connectivity index (χ2v) is 3.70. The van der Waals surface area contributed by atoms with Crippen molar-refractivity contribution in [3.05, 3.63) is 29.3 Å². The SMILES string of the molecule is Cc1c(N2CCCC2)ccc(F)c1F. The van der Waals surface area contributed by atoms with Gasteiger partial charge >= 0.3 is 0 Å². The maximum atomic E-state index is 13.2. The van der Waals surface area contributed by atoms with E-state index in [1.807, 2.05) is 0 Å². The molecule has 1 aromatic carbocycles. The third-order valence-electron chi connectivity index (χ3n) is 2.76. The van der Waals surface area contributed by atoms with Crippen molar-refractivity contribution in [1.29, 1.82) is 0 Å². The van der Waals surface area contributed by atoms with E-state index < -0.39 is 11.6 Å². The topological polar surface area (TPSA) is 3.24 Å². The van der Waals surface area contributed by atoms with Gasteiger partial charge in [-0.05, 0) is 31.9 Å². The lowest BCUT2D eigenvalue weighted by Crippen LogP contribution is -2.19. The standard InChI is InChI=1S/C11H13F2N/c1-8-10(14-6-2-3-7-14)5-4-9(12)11(8)13/h4-5H,2-3,6-7H2,1H3. The molecule has 1 aromatic rings. The Morgan fingerprint density at radius 3 is 2.43 bits per heavy atom. The van der Waals surface area contributed by atoms with Gasteiger partial charge in [0.15, 0.2) is 11.6 Å². The van der Waals surface area contributed by atoms with Crippen molar-refractivity contribution in [2.24, 2.45) is 0 Å². The molecule has 0 aliphatic carbocycles. The van der Waals surface area contributed by atoms with Crippen LogP contribution in [-0.2, 0) is 0 Å². The fourth-order valence-corrected chi connectivity index (χ4v) is 1.94. The van der Waals surface area contributed by atoms with Crippen LogP contribution in [0.5, 0.6) is 0 Å². The summed E-state index contributed by atoms with van der Waals surface area (Å²) in [6.07, 6.45) is 2.27. The second kappa shape index (κ2) is 3.56. The number of nitrogens with zero attached hydrogens (tertiary/aromatic N) is 1. The summed E-state index contributed by atoms with van der Waals surface area (Å²) in [7, 11) is 0. The van der Waals surface area contributed by atoms with Crippen LogP contribution >= 0.6 is 0 Å². The molecule has 0 spiro atoms. The minimum absolute atomic E-state index is 0.423. The number of rotatable bonds is 1. The molecule has 0 N–H and O–H groups in total. The minimum Gasteiger partial charge on any atom is -0.371 e. The largest absolute Gasteiger partial charge is 0.371 e. The van der Waals surface area contributed by atoms with Gasteiger partial charge < -0.3 is 4.90 Å². The monoisotopic (exact) mass is 197 g/mol. The number of hydrogen-bond acceptors (Lipinski definition) is 1. The number of halogens is 2. The first-order chi connectivity index (χ1) is 6.70. The summed E-state index contributed by atoms with van der Waals surface area (Å²) in [5.74, 6) is -1.47. The highest BCUT2D eigenvalue weighted by atomic mass is 19.2. The van der Waals surface area contributed by atoms with Crippen LogP contribution in [-0.4, -0.2) is 13.1 Å². The van der Waals surface area contributed by atoms with Gasteiger partial charge in [-0.15, -0.1) is 0 Å². The first-order valence-corrected chi connectivity index (χ1v) is 4.89. The Bertz CT molecular complexity index is 343. The van der Waals surface area contributed by atoms with Crippen molar-refractivity contribution >= 4 is 5.69 Å². The van der Waals surface area contributed by atoms with Crippen LogP contribution in [0.25, 0.3) is 0 Å². The lowest BCUT2D eigenvalue weighted by atomic mass is 10.1. The summed E-state index contributed by atoms with van der Waals surface area (Å²) in [6.45, 7) is 3.53. The van der Waals surface area contributed by atoms with E-state index in [1.165, 1.54) is 6.07 Å². The van der Waals surface area contributed by atoms with Gasteiger partial charge in [-0.25, -0.2) is 8.78 Å². The van der Waals surface area contributed by atoms with Crippen molar-refractivity contribution < 1.29 is 8.78 Å². The molecule has 14 heavy (non-hydrogen) atoms. The Balaban J connectivity index is 2.38. The van der Waals surface area contributed by atoms with Crippen LogP contribution < -0.4 is 4.90 Å². The third-order valence-corrected chi connectivity index (χ3v) is 2.76. The van der Waals surface area contributed by atoms with E-state index in [2.05, 4.69) is 4.90 Å². The Labute approximate surface area is 82.3 Å². The molecule has 76 valence electrons. The molecule has 0 unspecified atom stereocenters. The fourth-order valence-electron chi connectivity index (χ4n) is 1.94. The van der Waals surface area contributed by atoms with Crippen LogP contribution in [0.3, 0.4) is 0 Å². The minimum atomic E-state index is -0.759. The van der Waals surface area contributed by atoms with Gasteiger partial charge in [-0.2, -0.15) is 0 Å². The number of benzene rings is 1. The zero-order chi connectivity index (χ0) is 10.1. The molecule has 1 fully saturated rings. The predicted molar refractivity (Wildman–Crippen MR) is 52.5 cm³/mol. The predicted octanol–water partition coefficient (Wildman–Crippen LogP) is 2.87. The van der Waals surface area contributed by atoms with Gasteiger partial charge in [-0.3, -0.25) is 0 Å². The van der Waals surface area contributed by atoms with Crippen molar-refractivity contribution in [3.8, 4) is 0 Å². The van der Waals surface area contributed by atoms with Gasteiger partial charge in [-0.1, -0.05) is 0 Å². The molecule has 1 nitrogen and oxygen atoms in total. The molecule has 0 aromatic heterocycles. The van der Waals surface area contributed by atoms with Gasteiger partial charge in [0.1, 0.15) is 0 Å². The highest BCUT2D eigenvalue weighted by Crippen LogP contribution is 2.26. The van der Waals surface area contributed by atoms with Crippen LogP contribution in [0.15, 0.2) is 12.1 Å². The Kier molecular flexibility index (Phi) is 2.40. The highest BCUT2D eigenvalue weighted by molar-refractivity contribution is 5.54. The number of hydrogen-bond donors (Lipinski definition) is 0. The molecule has 2 rings (SSSR count). The third kappa shape index (κ3) is 1.47. The first kappa shape index (κ1) is 9.44.